The van der Waals surface area contributed by atoms with Crippen LogP contribution < -0.4 is 9.47 Å². The molecule has 0 aliphatic heterocycles. The molecule has 1 aromatic rings. The van der Waals surface area contributed by atoms with Crippen LogP contribution in [0.1, 0.15) is 15.9 Å². The Morgan fingerprint density at radius 2 is 1.94 bits per heavy atom. The first-order valence-corrected chi connectivity index (χ1v) is 5.06. The highest BCUT2D eigenvalue weighted by molar-refractivity contribution is 6.19. The fraction of sp³-hybridized carbons (Fsp3) is 0.250. The number of alkyl halides is 1. The Balaban J connectivity index is 3.31. The van der Waals surface area contributed by atoms with E-state index in [0.717, 1.165) is 6.29 Å². The summed E-state index contributed by atoms with van der Waals surface area (Å²) in [6, 6.07) is 3.24. The van der Waals surface area contributed by atoms with E-state index < -0.39 is 0 Å². The van der Waals surface area contributed by atoms with Crippen LogP contribution in [0.2, 0.25) is 0 Å². The van der Waals surface area contributed by atoms with Gasteiger partial charge in [-0.05, 0) is 6.07 Å². The van der Waals surface area contributed by atoms with E-state index in [1.165, 1.54) is 14.2 Å². The number of hydrogen-bond donors (Lipinski definition) is 0. The van der Waals surface area contributed by atoms with Crippen molar-refractivity contribution in [3.05, 3.63) is 23.3 Å². The molecule has 0 atom stereocenters. The topological polar surface area (TPSA) is 35.5 Å². The van der Waals surface area contributed by atoms with Crippen molar-refractivity contribution in [2.45, 2.75) is 0 Å². The van der Waals surface area contributed by atoms with Crippen molar-refractivity contribution < 1.29 is 14.3 Å². The first kappa shape index (κ1) is 12.4. The van der Waals surface area contributed by atoms with Gasteiger partial charge in [0.1, 0.15) is 0 Å². The third-order valence-electron chi connectivity index (χ3n) is 1.97. The maximum atomic E-state index is 10.9. The van der Waals surface area contributed by atoms with Gasteiger partial charge < -0.3 is 9.47 Å². The summed E-state index contributed by atoms with van der Waals surface area (Å²) in [5, 5.41) is 0. The molecule has 1 aromatic carbocycles. The van der Waals surface area contributed by atoms with Crippen molar-refractivity contribution in [2.24, 2.45) is 0 Å². The van der Waals surface area contributed by atoms with E-state index in [9.17, 15) is 4.79 Å². The molecule has 0 aromatic heterocycles. The molecule has 0 heterocycles. The lowest BCUT2D eigenvalue weighted by Gasteiger charge is -2.08. The van der Waals surface area contributed by atoms with Gasteiger partial charge in [0.05, 0.1) is 20.1 Å². The average molecular weight is 239 g/mol. The summed E-state index contributed by atoms with van der Waals surface area (Å²) >= 11 is 5.46. The average Bonchev–Trinajstić information content (AvgIpc) is 2.35. The normalized spacial score (nSPS) is 8.94. The second kappa shape index (κ2) is 6.04. The van der Waals surface area contributed by atoms with Crippen LogP contribution in [0.5, 0.6) is 11.5 Å². The van der Waals surface area contributed by atoms with E-state index >= 15 is 0 Å². The van der Waals surface area contributed by atoms with Gasteiger partial charge in [0.25, 0.3) is 0 Å². The van der Waals surface area contributed by atoms with Crippen molar-refractivity contribution >= 4 is 17.9 Å². The molecular formula is C12H11ClO3. The molecule has 0 aliphatic rings. The zero-order valence-electron chi connectivity index (χ0n) is 9.04. The minimum absolute atomic E-state index is 0.215. The Bertz CT molecular complexity index is 444. The van der Waals surface area contributed by atoms with Crippen LogP contribution in [0.3, 0.4) is 0 Å². The molecule has 0 saturated carbocycles. The van der Waals surface area contributed by atoms with Gasteiger partial charge in [-0.15, -0.1) is 11.6 Å². The first-order valence-electron chi connectivity index (χ1n) is 4.52. The number of ether oxygens (including phenoxy) is 2. The molecule has 0 aliphatic carbocycles. The van der Waals surface area contributed by atoms with Gasteiger partial charge in [-0.3, -0.25) is 4.79 Å². The smallest absolute Gasteiger partial charge is 0.162 e. The molecule has 16 heavy (non-hydrogen) atoms. The van der Waals surface area contributed by atoms with Gasteiger partial charge in [-0.25, -0.2) is 0 Å². The largest absolute Gasteiger partial charge is 0.493 e. The third kappa shape index (κ3) is 2.68. The number of halogens is 1. The van der Waals surface area contributed by atoms with Crippen molar-refractivity contribution in [1.29, 1.82) is 0 Å². The minimum atomic E-state index is 0.215. The molecule has 3 nitrogen and oxygen atoms in total. The highest BCUT2D eigenvalue weighted by Gasteiger charge is 2.08. The molecular weight excluding hydrogens is 228 g/mol. The summed E-state index contributed by atoms with van der Waals surface area (Å²) in [5.74, 6) is 6.73. The number of carbonyl (C=O) groups is 1. The van der Waals surface area contributed by atoms with Crippen LogP contribution >= 0.6 is 11.6 Å². The molecule has 0 spiro atoms. The number of rotatable bonds is 3. The van der Waals surface area contributed by atoms with Crippen molar-refractivity contribution in [3.8, 4) is 23.3 Å². The van der Waals surface area contributed by atoms with E-state index in [4.69, 9.17) is 21.1 Å². The summed E-state index contributed by atoms with van der Waals surface area (Å²) in [5.41, 5.74) is 1.03. The number of carbonyl (C=O) groups excluding carboxylic acids is 1. The molecule has 0 fully saturated rings. The van der Waals surface area contributed by atoms with Gasteiger partial charge in [-0.1, -0.05) is 11.8 Å². The van der Waals surface area contributed by atoms with Gasteiger partial charge in [0.15, 0.2) is 17.8 Å². The van der Waals surface area contributed by atoms with Gasteiger partial charge in [0.2, 0.25) is 0 Å². The molecule has 0 bridgehead atoms. The highest BCUT2D eigenvalue weighted by Crippen LogP contribution is 2.29. The maximum absolute atomic E-state index is 10.9. The van der Waals surface area contributed by atoms with E-state index in [1.807, 2.05) is 0 Å². The van der Waals surface area contributed by atoms with Gasteiger partial charge >= 0.3 is 0 Å². The Morgan fingerprint density at radius 3 is 2.44 bits per heavy atom. The standard InChI is InChI=1S/C12H11ClO3/c1-15-11-6-9(4-3-5-13)10(8-14)7-12(11)16-2/h6-8H,5H2,1-2H3. The van der Waals surface area contributed by atoms with E-state index in [0.29, 0.717) is 22.6 Å². The number of aldehydes is 1. The lowest BCUT2D eigenvalue weighted by atomic mass is 10.1. The summed E-state index contributed by atoms with van der Waals surface area (Å²) < 4.78 is 10.2. The van der Waals surface area contributed by atoms with Crippen LogP contribution in [0.15, 0.2) is 12.1 Å². The Morgan fingerprint density at radius 1 is 1.31 bits per heavy atom. The molecule has 0 amide bonds. The molecule has 0 saturated heterocycles. The van der Waals surface area contributed by atoms with E-state index in [2.05, 4.69) is 11.8 Å². The predicted octanol–water partition coefficient (Wildman–Crippen LogP) is 2.11. The Kier molecular flexibility index (Phi) is 4.68. The fourth-order valence-corrected chi connectivity index (χ4v) is 1.30. The van der Waals surface area contributed by atoms with Crippen molar-refractivity contribution in [2.75, 3.05) is 20.1 Å². The summed E-state index contributed by atoms with van der Waals surface area (Å²) in [6.45, 7) is 0. The fourth-order valence-electron chi connectivity index (χ4n) is 1.23. The number of hydrogen-bond acceptors (Lipinski definition) is 3. The van der Waals surface area contributed by atoms with Crippen LogP contribution in [0.4, 0.5) is 0 Å². The lowest BCUT2D eigenvalue weighted by molar-refractivity contribution is 0.112. The SMILES string of the molecule is COc1cc(C#CCCl)c(C=O)cc1OC. The molecule has 0 N–H and O–H groups in total. The second-order valence-electron chi connectivity index (χ2n) is 2.85. The van der Waals surface area contributed by atoms with Gasteiger partial charge in [-0.2, -0.15) is 0 Å². The highest BCUT2D eigenvalue weighted by atomic mass is 35.5. The minimum Gasteiger partial charge on any atom is -0.493 e. The maximum Gasteiger partial charge on any atom is 0.162 e. The van der Waals surface area contributed by atoms with Gasteiger partial charge in [0, 0.05) is 17.2 Å². The molecule has 1 rings (SSSR count). The van der Waals surface area contributed by atoms with Crippen LogP contribution in [-0.2, 0) is 0 Å². The first-order chi connectivity index (χ1) is 7.76. The summed E-state index contributed by atoms with van der Waals surface area (Å²) in [6.07, 6.45) is 0.722. The van der Waals surface area contributed by atoms with Crippen LogP contribution in [0.25, 0.3) is 0 Å². The van der Waals surface area contributed by atoms with Crippen LogP contribution in [-0.4, -0.2) is 26.4 Å². The van der Waals surface area contributed by atoms with Crippen molar-refractivity contribution in [1.82, 2.24) is 0 Å². The number of benzene rings is 1. The predicted molar refractivity (Wildman–Crippen MR) is 62.5 cm³/mol. The monoisotopic (exact) mass is 238 g/mol. The lowest BCUT2D eigenvalue weighted by Crippen LogP contribution is -1.95. The zero-order valence-corrected chi connectivity index (χ0v) is 9.80. The zero-order chi connectivity index (χ0) is 12.0. The van der Waals surface area contributed by atoms with Crippen molar-refractivity contribution in [3.63, 3.8) is 0 Å². The quantitative estimate of drug-likeness (QED) is 0.460. The third-order valence-corrected chi connectivity index (χ3v) is 2.11. The second-order valence-corrected chi connectivity index (χ2v) is 3.11. The molecule has 84 valence electrons. The Hall–Kier alpha value is -1.66. The van der Waals surface area contributed by atoms with E-state index in [1.54, 1.807) is 12.1 Å². The number of methoxy groups -OCH3 is 2. The molecule has 0 radical (unpaired) electrons. The summed E-state index contributed by atoms with van der Waals surface area (Å²) in [7, 11) is 3.04. The molecule has 4 heteroatoms. The Labute approximate surface area is 99.3 Å². The van der Waals surface area contributed by atoms with Crippen LogP contribution in [0, 0.1) is 11.8 Å². The molecule has 0 unspecified atom stereocenters. The van der Waals surface area contributed by atoms with E-state index in [-0.39, 0.29) is 5.88 Å². The summed E-state index contributed by atoms with van der Waals surface area (Å²) in [4.78, 5) is 10.9.